The average molecular weight is 636 g/mol. The fourth-order valence-electron chi connectivity index (χ4n) is 4.67. The molecule has 1 atom stereocenters. The highest BCUT2D eigenvalue weighted by atomic mass is 79.9. The number of halogens is 2. The van der Waals surface area contributed by atoms with Crippen molar-refractivity contribution in [1.82, 2.24) is 15.1 Å². The van der Waals surface area contributed by atoms with Gasteiger partial charge in [0.2, 0.25) is 0 Å². The van der Waals surface area contributed by atoms with Crippen LogP contribution in [-0.2, 0) is 13.6 Å². The zero-order chi connectivity index (χ0) is 29.0. The number of benzene rings is 4. The van der Waals surface area contributed by atoms with Gasteiger partial charge in [0, 0.05) is 10.0 Å². The van der Waals surface area contributed by atoms with E-state index in [-0.39, 0.29) is 24.6 Å². The van der Waals surface area contributed by atoms with Gasteiger partial charge in [-0.15, -0.1) is 0 Å². The Hall–Kier alpha value is -3.62. The second kappa shape index (κ2) is 12.5. The van der Waals surface area contributed by atoms with Crippen molar-refractivity contribution >= 4 is 40.2 Å². The maximum Gasteiger partial charge on any atom is 0.357 e. The van der Waals surface area contributed by atoms with E-state index in [4.69, 9.17) is 9.05 Å². The molecule has 0 aliphatic heterocycles. The van der Waals surface area contributed by atoms with Crippen molar-refractivity contribution in [3.63, 3.8) is 0 Å². The number of nitrogens with one attached hydrogen (secondary N) is 1. The standard InChI is InChI=1S/C31H28BrFN3O4P/c1-3-39-41(38,40-4-2)31(22-16-18-23(32)19-17-22)34-30(37)27-20-29(36(35-27)28-15-8-7-14-26(28)33)25-13-9-11-21-10-5-6-12-24(21)25/h5-20,31H,3-4H2,1-2H3,(H,34,37). The van der Waals surface area contributed by atoms with E-state index in [1.807, 2.05) is 42.5 Å². The summed E-state index contributed by atoms with van der Waals surface area (Å²) in [6.07, 6.45) is 0. The van der Waals surface area contributed by atoms with E-state index in [0.29, 0.717) is 11.3 Å². The molecule has 41 heavy (non-hydrogen) atoms. The molecule has 10 heteroatoms. The van der Waals surface area contributed by atoms with Crippen LogP contribution in [0.25, 0.3) is 27.7 Å². The van der Waals surface area contributed by atoms with Crippen LogP contribution in [0.1, 0.15) is 35.7 Å². The third kappa shape index (κ3) is 6.04. The Bertz CT molecular complexity index is 1730. The summed E-state index contributed by atoms with van der Waals surface area (Å²) in [5, 5.41) is 9.29. The number of nitrogens with zero attached hydrogens (tertiary/aromatic N) is 2. The molecule has 0 aliphatic rings. The molecule has 210 valence electrons. The summed E-state index contributed by atoms with van der Waals surface area (Å²) in [4.78, 5) is 13.8. The summed E-state index contributed by atoms with van der Waals surface area (Å²) in [7, 11) is -3.84. The minimum atomic E-state index is -3.84. The van der Waals surface area contributed by atoms with Crippen LogP contribution in [0.2, 0.25) is 0 Å². The molecule has 1 aromatic heterocycles. The Morgan fingerprint density at radius 2 is 1.61 bits per heavy atom. The van der Waals surface area contributed by atoms with E-state index in [1.165, 1.54) is 10.7 Å². The van der Waals surface area contributed by atoms with Crippen molar-refractivity contribution in [1.29, 1.82) is 0 Å². The van der Waals surface area contributed by atoms with Gasteiger partial charge in [0.05, 0.1) is 18.9 Å². The van der Waals surface area contributed by atoms with Crippen molar-refractivity contribution in [2.45, 2.75) is 19.6 Å². The quantitative estimate of drug-likeness (QED) is 0.156. The largest absolute Gasteiger partial charge is 0.357 e. The van der Waals surface area contributed by atoms with Crippen LogP contribution in [0.3, 0.4) is 0 Å². The van der Waals surface area contributed by atoms with Gasteiger partial charge in [0.1, 0.15) is 11.5 Å². The average Bonchev–Trinajstić information content (AvgIpc) is 3.42. The van der Waals surface area contributed by atoms with Gasteiger partial charge in [-0.25, -0.2) is 9.07 Å². The molecule has 1 heterocycles. The zero-order valence-electron chi connectivity index (χ0n) is 22.5. The summed E-state index contributed by atoms with van der Waals surface area (Å²) in [6, 6.07) is 28.5. The number of rotatable bonds is 10. The van der Waals surface area contributed by atoms with Crippen molar-refractivity contribution in [3.8, 4) is 16.9 Å². The van der Waals surface area contributed by atoms with E-state index in [9.17, 15) is 9.36 Å². The molecule has 0 fully saturated rings. The first kappa shape index (κ1) is 28.9. The highest BCUT2D eigenvalue weighted by molar-refractivity contribution is 9.10. The minimum absolute atomic E-state index is 0.0119. The first-order valence-electron chi connectivity index (χ1n) is 13.1. The van der Waals surface area contributed by atoms with Gasteiger partial charge in [0.25, 0.3) is 5.91 Å². The molecular weight excluding hydrogens is 608 g/mol. The highest BCUT2D eigenvalue weighted by Crippen LogP contribution is 2.59. The van der Waals surface area contributed by atoms with E-state index in [0.717, 1.165) is 20.8 Å². The Labute approximate surface area is 246 Å². The Morgan fingerprint density at radius 1 is 0.951 bits per heavy atom. The summed E-state index contributed by atoms with van der Waals surface area (Å²) in [6.45, 7) is 3.65. The van der Waals surface area contributed by atoms with Crippen molar-refractivity contribution < 1.29 is 22.8 Å². The molecule has 0 radical (unpaired) electrons. The molecule has 5 aromatic rings. The smallest absolute Gasteiger partial charge is 0.333 e. The highest BCUT2D eigenvalue weighted by Gasteiger charge is 2.39. The van der Waals surface area contributed by atoms with E-state index >= 15 is 4.39 Å². The van der Waals surface area contributed by atoms with Gasteiger partial charge < -0.3 is 14.4 Å². The molecule has 4 aromatic carbocycles. The van der Waals surface area contributed by atoms with Crippen LogP contribution < -0.4 is 5.32 Å². The molecule has 7 nitrogen and oxygen atoms in total. The zero-order valence-corrected chi connectivity index (χ0v) is 24.9. The monoisotopic (exact) mass is 635 g/mol. The number of hydrogen-bond acceptors (Lipinski definition) is 5. The lowest BCUT2D eigenvalue weighted by Crippen LogP contribution is -2.30. The maximum absolute atomic E-state index is 15.1. The van der Waals surface area contributed by atoms with Crippen LogP contribution in [0.5, 0.6) is 0 Å². The first-order chi connectivity index (χ1) is 19.8. The Kier molecular flexibility index (Phi) is 8.80. The molecule has 1 N–H and O–H groups in total. The maximum atomic E-state index is 15.1. The van der Waals surface area contributed by atoms with Gasteiger partial charge in [-0.3, -0.25) is 9.36 Å². The lowest BCUT2D eigenvalue weighted by atomic mass is 10.0. The number of amides is 1. The summed E-state index contributed by atoms with van der Waals surface area (Å²) >= 11 is 3.41. The fraction of sp³-hybridized carbons (Fsp3) is 0.161. The normalized spacial score (nSPS) is 12.4. The van der Waals surface area contributed by atoms with Crippen molar-refractivity contribution in [2.75, 3.05) is 13.2 Å². The van der Waals surface area contributed by atoms with Crippen molar-refractivity contribution in [2.24, 2.45) is 0 Å². The molecule has 5 rings (SSSR count). The molecule has 0 aliphatic carbocycles. The molecule has 0 saturated heterocycles. The summed E-state index contributed by atoms with van der Waals surface area (Å²) < 4.78 is 42.4. The molecule has 1 unspecified atom stereocenters. The Morgan fingerprint density at radius 3 is 2.32 bits per heavy atom. The second-order valence-corrected chi connectivity index (χ2v) is 12.1. The van der Waals surface area contributed by atoms with Gasteiger partial charge in [0.15, 0.2) is 11.5 Å². The number of fused-ring (bicyclic) bond motifs is 1. The predicted molar refractivity (Wildman–Crippen MR) is 162 cm³/mol. The lowest BCUT2D eigenvalue weighted by Gasteiger charge is -2.27. The first-order valence-corrected chi connectivity index (χ1v) is 15.5. The van der Waals surface area contributed by atoms with Crippen LogP contribution in [0.15, 0.2) is 102 Å². The fourth-order valence-corrected chi connectivity index (χ4v) is 6.84. The van der Waals surface area contributed by atoms with Crippen LogP contribution >= 0.6 is 23.5 Å². The second-order valence-electron chi connectivity index (χ2n) is 9.11. The SMILES string of the molecule is CCOP(=O)(OCC)C(NC(=O)c1cc(-c2cccc3ccccc23)n(-c2ccccc2F)n1)c1ccc(Br)cc1. The molecule has 0 bridgehead atoms. The summed E-state index contributed by atoms with van der Waals surface area (Å²) in [5.41, 5.74) is 2.03. The topological polar surface area (TPSA) is 82.5 Å². The molecule has 1 amide bonds. The van der Waals surface area contributed by atoms with E-state index in [1.54, 1.807) is 62.4 Å². The van der Waals surface area contributed by atoms with Gasteiger partial charge >= 0.3 is 7.60 Å². The predicted octanol–water partition coefficient (Wildman–Crippen LogP) is 8.29. The number of para-hydroxylation sites is 1. The molecule has 0 spiro atoms. The number of carbonyl (C=O) groups excluding carboxylic acids is 1. The van der Waals surface area contributed by atoms with Crippen LogP contribution in [0, 0.1) is 5.82 Å². The van der Waals surface area contributed by atoms with E-state index in [2.05, 4.69) is 26.3 Å². The van der Waals surface area contributed by atoms with Gasteiger partial charge in [-0.05, 0) is 60.5 Å². The molecule has 0 saturated carbocycles. The number of aromatic nitrogens is 2. The third-order valence-corrected chi connectivity index (χ3v) is 9.30. The van der Waals surface area contributed by atoms with Gasteiger partial charge in [-0.1, -0.05) is 82.7 Å². The van der Waals surface area contributed by atoms with E-state index < -0.39 is 25.1 Å². The summed E-state index contributed by atoms with van der Waals surface area (Å²) in [5.74, 6) is -2.22. The van der Waals surface area contributed by atoms with Gasteiger partial charge in [-0.2, -0.15) is 5.10 Å². The van der Waals surface area contributed by atoms with Crippen LogP contribution in [-0.4, -0.2) is 28.9 Å². The Balaban J connectivity index is 1.63. The number of carbonyl (C=O) groups is 1. The van der Waals surface area contributed by atoms with Crippen molar-refractivity contribution in [3.05, 3.63) is 119 Å². The van der Waals surface area contributed by atoms with Crippen LogP contribution in [0.4, 0.5) is 4.39 Å². The lowest BCUT2D eigenvalue weighted by molar-refractivity contribution is 0.0931. The third-order valence-electron chi connectivity index (χ3n) is 6.48. The molecular formula is C31H28BrFN3O4P. The number of hydrogen-bond donors (Lipinski definition) is 1. The minimum Gasteiger partial charge on any atom is -0.333 e.